The number of carbonyl (C=O) groups excluding carboxylic acids is 1. The average Bonchev–Trinajstić information content (AvgIpc) is 3.08. The summed E-state index contributed by atoms with van der Waals surface area (Å²) in [4.78, 5) is 12.1. The third-order valence-electron chi connectivity index (χ3n) is 5.93. The van der Waals surface area contributed by atoms with Crippen LogP contribution in [0.15, 0.2) is 73.3 Å². The maximum absolute atomic E-state index is 12.1. The van der Waals surface area contributed by atoms with E-state index < -0.39 is 8.32 Å². The van der Waals surface area contributed by atoms with E-state index in [1.54, 1.807) is 6.08 Å². The molecular weight excluding hydrogens is 388 g/mol. The number of benzene rings is 2. The predicted octanol–water partition coefficient (Wildman–Crippen LogP) is 4.65. The average molecular weight is 423 g/mol. The molecule has 1 heterocycles. The summed E-state index contributed by atoms with van der Waals surface area (Å²) in [6.07, 6.45) is 4.30. The van der Waals surface area contributed by atoms with Gasteiger partial charge in [-0.1, -0.05) is 87.5 Å². The maximum Gasteiger partial charge on any atom is 0.261 e. The van der Waals surface area contributed by atoms with Gasteiger partial charge in [-0.25, -0.2) is 0 Å². The fourth-order valence-corrected chi connectivity index (χ4v) is 9.12. The molecular formula is C26H34O3Si. The van der Waals surface area contributed by atoms with Crippen molar-refractivity contribution in [2.45, 2.75) is 63.7 Å². The monoisotopic (exact) mass is 422 g/mol. The van der Waals surface area contributed by atoms with Crippen LogP contribution in [0.3, 0.4) is 0 Å². The largest absolute Gasteiger partial charge is 0.407 e. The van der Waals surface area contributed by atoms with E-state index in [2.05, 4.69) is 88.0 Å². The predicted molar refractivity (Wildman–Crippen MR) is 126 cm³/mol. The first kappa shape index (κ1) is 22.7. The lowest BCUT2D eigenvalue weighted by atomic mass is 10.1. The minimum absolute atomic E-state index is 0.00482. The van der Waals surface area contributed by atoms with Crippen LogP contribution in [0.2, 0.25) is 5.04 Å². The number of hydrogen-bond acceptors (Lipinski definition) is 3. The number of Topliss-reactive ketones (excluding diaryl/α,β-unsaturated/α-hetero) is 1. The van der Waals surface area contributed by atoms with Crippen LogP contribution in [0.5, 0.6) is 0 Å². The summed E-state index contributed by atoms with van der Waals surface area (Å²) in [5.74, 6) is 0.202. The zero-order valence-electron chi connectivity index (χ0n) is 18.5. The molecule has 0 radical (unpaired) electrons. The molecule has 0 saturated carbocycles. The molecule has 0 aromatic heterocycles. The Morgan fingerprint density at radius 2 is 1.63 bits per heavy atom. The Labute approximate surface area is 182 Å². The third kappa shape index (κ3) is 4.83. The lowest BCUT2D eigenvalue weighted by Gasteiger charge is -2.43. The molecule has 3 rings (SSSR count). The lowest BCUT2D eigenvalue weighted by Crippen LogP contribution is -2.66. The van der Waals surface area contributed by atoms with Crippen LogP contribution in [-0.4, -0.2) is 32.9 Å². The highest BCUT2D eigenvalue weighted by atomic mass is 28.4. The molecule has 0 amide bonds. The van der Waals surface area contributed by atoms with Crippen molar-refractivity contribution in [3.05, 3.63) is 73.3 Å². The van der Waals surface area contributed by atoms with E-state index in [1.807, 2.05) is 0 Å². The standard InChI is InChI=1S/C26H34O3Si/c1-5-13-25-24(27)20-21(29-25)14-12-19-28-30(26(2,3)4,22-15-8-6-9-16-22)23-17-10-7-11-18-23/h5-11,15-18,21,25H,1,12-14,19-20H2,2-4H3/t21-,25-/m0/s1. The molecule has 2 aromatic carbocycles. The van der Waals surface area contributed by atoms with Crippen molar-refractivity contribution >= 4 is 24.5 Å². The molecule has 1 aliphatic rings. The van der Waals surface area contributed by atoms with Gasteiger partial charge in [0.25, 0.3) is 8.32 Å². The number of ketones is 1. The molecule has 1 saturated heterocycles. The van der Waals surface area contributed by atoms with E-state index in [-0.39, 0.29) is 23.0 Å². The van der Waals surface area contributed by atoms with Crippen molar-refractivity contribution in [1.29, 1.82) is 0 Å². The zero-order valence-corrected chi connectivity index (χ0v) is 19.5. The number of carbonyl (C=O) groups is 1. The van der Waals surface area contributed by atoms with Crippen LogP contribution in [0.4, 0.5) is 0 Å². The van der Waals surface area contributed by atoms with Gasteiger partial charge < -0.3 is 9.16 Å². The van der Waals surface area contributed by atoms with Crippen molar-refractivity contribution in [3.8, 4) is 0 Å². The van der Waals surface area contributed by atoms with Crippen LogP contribution < -0.4 is 10.4 Å². The zero-order chi connectivity index (χ0) is 21.6. The van der Waals surface area contributed by atoms with Crippen molar-refractivity contribution < 1.29 is 14.0 Å². The Kier molecular flexibility index (Phi) is 7.45. The topological polar surface area (TPSA) is 35.5 Å². The molecule has 4 heteroatoms. The molecule has 0 unspecified atom stereocenters. The van der Waals surface area contributed by atoms with Gasteiger partial charge in [-0.05, 0) is 34.7 Å². The molecule has 1 aliphatic heterocycles. The molecule has 0 spiro atoms. The van der Waals surface area contributed by atoms with Crippen molar-refractivity contribution in [2.75, 3.05) is 6.61 Å². The molecule has 1 fully saturated rings. The van der Waals surface area contributed by atoms with E-state index >= 15 is 0 Å². The summed E-state index contributed by atoms with van der Waals surface area (Å²) in [7, 11) is -2.49. The highest BCUT2D eigenvalue weighted by Crippen LogP contribution is 2.37. The van der Waals surface area contributed by atoms with E-state index in [0.29, 0.717) is 19.4 Å². The summed E-state index contributed by atoms with van der Waals surface area (Å²) in [6, 6.07) is 21.4. The Balaban J connectivity index is 1.76. The molecule has 2 atom stereocenters. The second kappa shape index (κ2) is 9.86. The molecule has 2 aromatic rings. The third-order valence-corrected chi connectivity index (χ3v) is 11.0. The van der Waals surface area contributed by atoms with Crippen molar-refractivity contribution in [1.82, 2.24) is 0 Å². The van der Waals surface area contributed by atoms with E-state index in [4.69, 9.17) is 9.16 Å². The SMILES string of the molecule is C=CC[C@@H]1O[C@@H](CCCO[Si](c2ccccc2)(c2ccccc2)C(C)(C)C)CC1=O. The van der Waals surface area contributed by atoms with Crippen LogP contribution in [0.1, 0.15) is 46.5 Å². The van der Waals surface area contributed by atoms with Gasteiger partial charge in [-0.3, -0.25) is 4.79 Å². The summed E-state index contributed by atoms with van der Waals surface area (Å²) in [6.45, 7) is 11.2. The van der Waals surface area contributed by atoms with Crippen LogP contribution in [0, 0.1) is 0 Å². The minimum atomic E-state index is -2.49. The fraction of sp³-hybridized carbons (Fsp3) is 0.423. The van der Waals surface area contributed by atoms with Gasteiger partial charge in [-0.15, -0.1) is 6.58 Å². The Morgan fingerprint density at radius 1 is 1.07 bits per heavy atom. The second-order valence-corrected chi connectivity index (χ2v) is 13.4. The highest BCUT2D eigenvalue weighted by molar-refractivity contribution is 6.99. The minimum Gasteiger partial charge on any atom is -0.407 e. The fourth-order valence-electron chi connectivity index (χ4n) is 4.52. The summed E-state index contributed by atoms with van der Waals surface area (Å²) < 4.78 is 12.8. The highest BCUT2D eigenvalue weighted by Gasteiger charge is 2.50. The van der Waals surface area contributed by atoms with E-state index in [0.717, 1.165) is 12.8 Å². The summed E-state index contributed by atoms with van der Waals surface area (Å²) >= 11 is 0. The van der Waals surface area contributed by atoms with Gasteiger partial charge in [0.1, 0.15) is 6.10 Å². The van der Waals surface area contributed by atoms with Crippen molar-refractivity contribution in [2.24, 2.45) is 0 Å². The first-order chi connectivity index (χ1) is 14.4. The van der Waals surface area contributed by atoms with Gasteiger partial charge in [0.2, 0.25) is 0 Å². The van der Waals surface area contributed by atoms with E-state index in [1.165, 1.54) is 10.4 Å². The Bertz CT molecular complexity index is 787. The smallest absolute Gasteiger partial charge is 0.261 e. The molecule has 30 heavy (non-hydrogen) atoms. The van der Waals surface area contributed by atoms with Crippen LogP contribution >= 0.6 is 0 Å². The lowest BCUT2D eigenvalue weighted by molar-refractivity contribution is -0.122. The number of hydrogen-bond donors (Lipinski definition) is 0. The molecule has 0 bridgehead atoms. The molecule has 160 valence electrons. The molecule has 0 N–H and O–H groups in total. The number of ether oxygens (including phenoxy) is 1. The summed E-state index contributed by atoms with van der Waals surface area (Å²) in [5, 5.41) is 2.56. The van der Waals surface area contributed by atoms with Crippen molar-refractivity contribution in [3.63, 3.8) is 0 Å². The van der Waals surface area contributed by atoms with E-state index in [9.17, 15) is 4.79 Å². The maximum atomic E-state index is 12.1. The van der Waals surface area contributed by atoms with Gasteiger partial charge in [-0.2, -0.15) is 0 Å². The first-order valence-electron chi connectivity index (χ1n) is 10.9. The number of rotatable bonds is 9. The van der Waals surface area contributed by atoms with Crippen LogP contribution in [-0.2, 0) is 14.0 Å². The van der Waals surface area contributed by atoms with Gasteiger partial charge in [0.05, 0.1) is 6.10 Å². The van der Waals surface area contributed by atoms with Gasteiger partial charge in [0.15, 0.2) is 5.78 Å². The second-order valence-electron chi connectivity index (χ2n) is 9.10. The molecule has 0 aliphatic carbocycles. The van der Waals surface area contributed by atoms with Gasteiger partial charge in [0, 0.05) is 13.0 Å². The Hall–Kier alpha value is -2.01. The van der Waals surface area contributed by atoms with Crippen LogP contribution in [0.25, 0.3) is 0 Å². The molecule has 3 nitrogen and oxygen atoms in total. The first-order valence-corrected chi connectivity index (χ1v) is 12.8. The Morgan fingerprint density at radius 3 is 2.13 bits per heavy atom. The summed E-state index contributed by atoms with van der Waals surface area (Å²) in [5.41, 5.74) is 0. The normalized spacial score (nSPS) is 19.8. The van der Waals surface area contributed by atoms with Gasteiger partial charge >= 0.3 is 0 Å². The quantitative estimate of drug-likeness (QED) is 0.335.